The number of hydrogen-bond acceptors (Lipinski definition) is 4. The van der Waals surface area contributed by atoms with Crippen LogP contribution in [0.1, 0.15) is 18.6 Å². The second-order valence-corrected chi connectivity index (χ2v) is 4.53. The molecule has 0 aliphatic heterocycles. The first kappa shape index (κ1) is 12.6. The summed E-state index contributed by atoms with van der Waals surface area (Å²) in [6, 6.07) is 13.1. The van der Waals surface area contributed by atoms with Crippen molar-refractivity contribution in [2.75, 3.05) is 0 Å². The molecule has 20 heavy (non-hydrogen) atoms. The highest BCUT2D eigenvalue weighted by molar-refractivity contribution is 5.85. The average Bonchev–Trinajstić information content (AvgIpc) is 2.48. The van der Waals surface area contributed by atoms with Gasteiger partial charge in [-0.1, -0.05) is 6.07 Å². The zero-order chi connectivity index (χ0) is 13.9. The summed E-state index contributed by atoms with van der Waals surface area (Å²) in [6.45, 7) is 1.70. The number of pyridine rings is 2. The van der Waals surface area contributed by atoms with Gasteiger partial charge in [-0.05, 0) is 42.8 Å². The Morgan fingerprint density at radius 1 is 1.05 bits per heavy atom. The van der Waals surface area contributed by atoms with Crippen molar-refractivity contribution in [1.82, 2.24) is 9.97 Å². The van der Waals surface area contributed by atoms with Gasteiger partial charge in [-0.3, -0.25) is 4.98 Å². The number of rotatable bonds is 3. The molecule has 3 rings (SSSR count). The molecule has 0 fully saturated rings. The van der Waals surface area contributed by atoms with Crippen molar-refractivity contribution >= 4 is 10.9 Å². The van der Waals surface area contributed by atoms with Gasteiger partial charge in [0.15, 0.2) is 0 Å². The molecule has 4 heteroatoms. The lowest BCUT2D eigenvalue weighted by molar-refractivity contribution is 0.198. The minimum Gasteiger partial charge on any atom is -0.438 e. The number of hydrogen-bond donors (Lipinski definition) is 1. The van der Waals surface area contributed by atoms with E-state index in [4.69, 9.17) is 4.74 Å². The van der Waals surface area contributed by atoms with Gasteiger partial charge >= 0.3 is 0 Å². The topological polar surface area (TPSA) is 55.2 Å². The number of ether oxygens (including phenoxy) is 1. The van der Waals surface area contributed by atoms with Crippen LogP contribution >= 0.6 is 0 Å². The molecule has 0 radical (unpaired) electrons. The minimum absolute atomic E-state index is 0.491. The fourth-order valence-corrected chi connectivity index (χ4v) is 1.98. The fourth-order valence-electron chi connectivity index (χ4n) is 1.98. The van der Waals surface area contributed by atoms with E-state index in [1.54, 1.807) is 31.5 Å². The Bertz CT molecular complexity index is 719. The molecule has 0 saturated heterocycles. The first-order chi connectivity index (χ1) is 9.74. The predicted octanol–water partition coefficient (Wildman–Crippen LogP) is 3.48. The monoisotopic (exact) mass is 266 g/mol. The van der Waals surface area contributed by atoms with E-state index in [1.807, 2.05) is 30.3 Å². The van der Waals surface area contributed by atoms with E-state index in [1.165, 1.54) is 0 Å². The lowest BCUT2D eigenvalue weighted by Crippen LogP contribution is -1.94. The molecule has 0 saturated carbocycles. The highest BCUT2D eigenvalue weighted by atomic mass is 16.5. The molecule has 0 aliphatic rings. The van der Waals surface area contributed by atoms with E-state index in [-0.39, 0.29) is 0 Å². The number of benzene rings is 1. The first-order valence-electron chi connectivity index (χ1n) is 6.39. The lowest BCUT2D eigenvalue weighted by atomic mass is 10.2. The SMILES string of the molecule is C[C@H](O)c1ccc(Oc2cccc3ncccc23)nc1. The van der Waals surface area contributed by atoms with Gasteiger partial charge < -0.3 is 9.84 Å². The van der Waals surface area contributed by atoms with E-state index in [2.05, 4.69) is 9.97 Å². The van der Waals surface area contributed by atoms with Crippen molar-refractivity contribution in [2.45, 2.75) is 13.0 Å². The van der Waals surface area contributed by atoms with Crippen molar-refractivity contribution < 1.29 is 9.84 Å². The highest BCUT2D eigenvalue weighted by Crippen LogP contribution is 2.28. The molecule has 1 atom stereocenters. The Morgan fingerprint density at radius 2 is 1.95 bits per heavy atom. The Balaban J connectivity index is 1.93. The molecular weight excluding hydrogens is 252 g/mol. The van der Waals surface area contributed by atoms with Crippen LogP contribution in [0.15, 0.2) is 54.9 Å². The largest absolute Gasteiger partial charge is 0.438 e. The first-order valence-corrected chi connectivity index (χ1v) is 6.39. The third kappa shape index (κ3) is 2.46. The number of aromatic nitrogens is 2. The Kier molecular flexibility index (Phi) is 3.31. The van der Waals surface area contributed by atoms with Gasteiger partial charge in [0.05, 0.1) is 11.6 Å². The molecule has 0 unspecified atom stereocenters. The summed E-state index contributed by atoms with van der Waals surface area (Å²) in [5.41, 5.74) is 1.64. The fraction of sp³-hybridized carbons (Fsp3) is 0.125. The van der Waals surface area contributed by atoms with Gasteiger partial charge in [0.25, 0.3) is 0 Å². The van der Waals surface area contributed by atoms with E-state index < -0.39 is 6.10 Å². The van der Waals surface area contributed by atoms with Crippen LogP contribution in [-0.4, -0.2) is 15.1 Å². The third-order valence-corrected chi connectivity index (χ3v) is 3.06. The Hall–Kier alpha value is -2.46. The molecule has 0 aliphatic carbocycles. The molecule has 0 bridgehead atoms. The zero-order valence-corrected chi connectivity index (χ0v) is 11.0. The Labute approximate surface area is 116 Å². The van der Waals surface area contributed by atoms with Crippen LogP contribution in [0.2, 0.25) is 0 Å². The maximum Gasteiger partial charge on any atom is 0.219 e. The van der Waals surface area contributed by atoms with E-state index in [0.29, 0.717) is 11.6 Å². The van der Waals surface area contributed by atoms with E-state index >= 15 is 0 Å². The summed E-state index contributed by atoms with van der Waals surface area (Å²) in [4.78, 5) is 8.49. The molecule has 1 N–H and O–H groups in total. The molecule has 2 aromatic heterocycles. The maximum absolute atomic E-state index is 9.46. The van der Waals surface area contributed by atoms with Gasteiger partial charge in [0.2, 0.25) is 5.88 Å². The molecule has 3 aromatic rings. The predicted molar refractivity (Wildman–Crippen MR) is 76.7 cm³/mol. The summed E-state index contributed by atoms with van der Waals surface area (Å²) in [5, 5.41) is 10.4. The van der Waals surface area contributed by atoms with Crippen LogP contribution in [0.3, 0.4) is 0 Å². The quantitative estimate of drug-likeness (QED) is 0.788. The molecule has 100 valence electrons. The maximum atomic E-state index is 9.46. The second-order valence-electron chi connectivity index (χ2n) is 4.53. The molecule has 2 heterocycles. The van der Waals surface area contributed by atoms with Gasteiger partial charge in [-0.25, -0.2) is 4.98 Å². The summed E-state index contributed by atoms with van der Waals surface area (Å²) in [5.74, 6) is 1.21. The summed E-state index contributed by atoms with van der Waals surface area (Å²) in [7, 11) is 0. The lowest BCUT2D eigenvalue weighted by Gasteiger charge is -2.09. The van der Waals surface area contributed by atoms with Crippen molar-refractivity contribution in [2.24, 2.45) is 0 Å². The van der Waals surface area contributed by atoms with Crippen molar-refractivity contribution in [3.8, 4) is 11.6 Å². The summed E-state index contributed by atoms with van der Waals surface area (Å²) in [6.07, 6.45) is 2.84. The molecular formula is C16H14N2O2. The van der Waals surface area contributed by atoms with Gasteiger partial charge in [0.1, 0.15) is 5.75 Å². The molecule has 4 nitrogen and oxygen atoms in total. The highest BCUT2D eigenvalue weighted by Gasteiger charge is 2.06. The van der Waals surface area contributed by atoms with Gasteiger partial charge in [-0.15, -0.1) is 0 Å². The van der Waals surface area contributed by atoms with Crippen molar-refractivity contribution in [1.29, 1.82) is 0 Å². The average molecular weight is 266 g/mol. The van der Waals surface area contributed by atoms with Crippen LogP contribution < -0.4 is 4.74 Å². The van der Waals surface area contributed by atoms with Gasteiger partial charge in [0, 0.05) is 23.8 Å². The van der Waals surface area contributed by atoms with E-state index in [9.17, 15) is 5.11 Å². The minimum atomic E-state index is -0.529. The van der Waals surface area contributed by atoms with Crippen LogP contribution in [0, 0.1) is 0 Å². The Morgan fingerprint density at radius 3 is 2.70 bits per heavy atom. The standard InChI is InChI=1S/C16H14N2O2/c1-11(19)12-7-8-16(18-10-12)20-15-6-2-5-14-13(15)4-3-9-17-14/h2-11,19H,1H3/t11-/m0/s1. The smallest absolute Gasteiger partial charge is 0.219 e. The number of nitrogens with zero attached hydrogens (tertiary/aromatic N) is 2. The summed E-state index contributed by atoms with van der Waals surface area (Å²) >= 11 is 0. The van der Waals surface area contributed by atoms with Crippen molar-refractivity contribution in [3.05, 3.63) is 60.4 Å². The number of fused-ring (bicyclic) bond motifs is 1. The zero-order valence-electron chi connectivity index (χ0n) is 11.0. The van der Waals surface area contributed by atoms with Crippen molar-refractivity contribution in [3.63, 3.8) is 0 Å². The molecule has 1 aromatic carbocycles. The third-order valence-electron chi connectivity index (χ3n) is 3.06. The second kappa shape index (κ2) is 5.27. The van der Waals surface area contributed by atoms with Gasteiger partial charge in [-0.2, -0.15) is 0 Å². The number of aliphatic hydroxyl groups is 1. The van der Waals surface area contributed by atoms with Crippen LogP contribution in [0.4, 0.5) is 0 Å². The van der Waals surface area contributed by atoms with Crippen LogP contribution in [0.25, 0.3) is 10.9 Å². The summed E-state index contributed by atoms with van der Waals surface area (Å²) < 4.78 is 5.79. The number of aliphatic hydroxyl groups excluding tert-OH is 1. The normalized spacial score (nSPS) is 12.3. The molecule has 0 amide bonds. The van der Waals surface area contributed by atoms with Crippen LogP contribution in [-0.2, 0) is 0 Å². The molecule has 0 spiro atoms. The van der Waals surface area contributed by atoms with E-state index in [0.717, 1.165) is 16.5 Å². The van der Waals surface area contributed by atoms with Crippen LogP contribution in [0.5, 0.6) is 11.6 Å².